The zero-order chi connectivity index (χ0) is 18.5. The molecule has 1 aromatic carbocycles. The SMILES string of the molecule is COc1ccc(C(C)N(C)C(=O)c2cc(CN3CCOCC3)on2)cc1. The quantitative estimate of drug-likeness (QED) is 0.789. The van der Waals surface area contributed by atoms with Gasteiger partial charge in [0, 0.05) is 26.2 Å². The van der Waals surface area contributed by atoms with Crippen molar-refractivity contribution in [3.8, 4) is 5.75 Å². The maximum atomic E-state index is 12.7. The van der Waals surface area contributed by atoms with Crippen molar-refractivity contribution in [2.45, 2.75) is 19.5 Å². The van der Waals surface area contributed by atoms with Gasteiger partial charge < -0.3 is 18.9 Å². The fraction of sp³-hybridized carbons (Fsp3) is 0.474. The van der Waals surface area contributed by atoms with Gasteiger partial charge in [-0.15, -0.1) is 0 Å². The van der Waals surface area contributed by atoms with E-state index in [1.807, 2.05) is 31.2 Å². The molecule has 2 aromatic rings. The Hall–Kier alpha value is -2.38. The van der Waals surface area contributed by atoms with Crippen LogP contribution < -0.4 is 4.74 Å². The van der Waals surface area contributed by atoms with Gasteiger partial charge in [0.2, 0.25) is 0 Å². The molecule has 1 fully saturated rings. The van der Waals surface area contributed by atoms with E-state index in [4.69, 9.17) is 14.0 Å². The molecular weight excluding hydrogens is 334 g/mol. The van der Waals surface area contributed by atoms with E-state index >= 15 is 0 Å². The second kappa shape index (κ2) is 8.33. The Kier molecular flexibility index (Phi) is 5.90. The van der Waals surface area contributed by atoms with Crippen molar-refractivity contribution in [2.75, 3.05) is 40.5 Å². The molecule has 0 saturated carbocycles. The molecule has 0 radical (unpaired) electrons. The second-order valence-electron chi connectivity index (χ2n) is 6.43. The number of hydrogen-bond donors (Lipinski definition) is 0. The van der Waals surface area contributed by atoms with Crippen LogP contribution in [-0.4, -0.2) is 61.3 Å². The number of benzene rings is 1. The summed E-state index contributed by atoms with van der Waals surface area (Å²) in [6.07, 6.45) is 0. The van der Waals surface area contributed by atoms with Gasteiger partial charge in [-0.3, -0.25) is 9.69 Å². The highest BCUT2D eigenvalue weighted by molar-refractivity contribution is 5.92. The first-order valence-corrected chi connectivity index (χ1v) is 8.75. The lowest BCUT2D eigenvalue weighted by atomic mass is 10.1. The van der Waals surface area contributed by atoms with Crippen molar-refractivity contribution >= 4 is 5.91 Å². The molecule has 1 aliphatic heterocycles. The number of methoxy groups -OCH3 is 1. The minimum absolute atomic E-state index is 0.0900. The van der Waals surface area contributed by atoms with Gasteiger partial charge in [-0.05, 0) is 24.6 Å². The third-order valence-electron chi connectivity index (χ3n) is 4.76. The fourth-order valence-electron chi connectivity index (χ4n) is 2.93. The molecule has 1 aromatic heterocycles. The van der Waals surface area contributed by atoms with Gasteiger partial charge in [0.15, 0.2) is 11.5 Å². The van der Waals surface area contributed by atoms with Crippen LogP contribution in [0.2, 0.25) is 0 Å². The minimum atomic E-state index is -0.162. The summed E-state index contributed by atoms with van der Waals surface area (Å²) in [4.78, 5) is 16.6. The van der Waals surface area contributed by atoms with Crippen molar-refractivity contribution in [1.29, 1.82) is 0 Å². The van der Waals surface area contributed by atoms with E-state index in [2.05, 4.69) is 10.1 Å². The van der Waals surface area contributed by atoms with Gasteiger partial charge in [-0.2, -0.15) is 0 Å². The molecule has 1 saturated heterocycles. The van der Waals surface area contributed by atoms with Crippen LogP contribution in [0.15, 0.2) is 34.9 Å². The lowest BCUT2D eigenvalue weighted by Gasteiger charge is -2.25. The lowest BCUT2D eigenvalue weighted by molar-refractivity contribution is 0.0305. The smallest absolute Gasteiger partial charge is 0.276 e. The first-order chi connectivity index (χ1) is 12.6. The van der Waals surface area contributed by atoms with Crippen molar-refractivity contribution in [3.63, 3.8) is 0 Å². The minimum Gasteiger partial charge on any atom is -0.497 e. The van der Waals surface area contributed by atoms with Gasteiger partial charge in [0.05, 0.1) is 32.9 Å². The molecule has 1 amide bonds. The van der Waals surface area contributed by atoms with Gasteiger partial charge >= 0.3 is 0 Å². The predicted molar refractivity (Wildman–Crippen MR) is 96.1 cm³/mol. The summed E-state index contributed by atoms with van der Waals surface area (Å²) in [6.45, 7) is 5.79. The normalized spacial score (nSPS) is 16.3. The van der Waals surface area contributed by atoms with Gasteiger partial charge in [0.25, 0.3) is 5.91 Å². The molecule has 2 heterocycles. The summed E-state index contributed by atoms with van der Waals surface area (Å²) in [5.41, 5.74) is 1.36. The zero-order valence-electron chi connectivity index (χ0n) is 15.5. The third kappa shape index (κ3) is 4.23. The van der Waals surface area contributed by atoms with Crippen molar-refractivity contribution in [1.82, 2.24) is 15.0 Å². The number of carbonyl (C=O) groups excluding carboxylic acids is 1. The Bertz CT molecular complexity index is 723. The monoisotopic (exact) mass is 359 g/mol. The number of carbonyl (C=O) groups is 1. The largest absolute Gasteiger partial charge is 0.497 e. The highest BCUT2D eigenvalue weighted by atomic mass is 16.5. The van der Waals surface area contributed by atoms with Crippen LogP contribution in [0.1, 0.15) is 34.8 Å². The van der Waals surface area contributed by atoms with Crippen LogP contribution in [0.4, 0.5) is 0 Å². The van der Waals surface area contributed by atoms with E-state index in [1.165, 1.54) is 0 Å². The van der Waals surface area contributed by atoms with Crippen LogP contribution in [0.25, 0.3) is 0 Å². The number of amides is 1. The lowest BCUT2D eigenvalue weighted by Crippen LogP contribution is -2.35. The fourth-order valence-corrected chi connectivity index (χ4v) is 2.93. The number of hydrogen-bond acceptors (Lipinski definition) is 6. The number of rotatable bonds is 6. The summed E-state index contributed by atoms with van der Waals surface area (Å²) in [5.74, 6) is 1.32. The first-order valence-electron chi connectivity index (χ1n) is 8.75. The van der Waals surface area contributed by atoms with E-state index in [0.717, 1.165) is 37.6 Å². The predicted octanol–water partition coefficient (Wildman–Crippen LogP) is 2.35. The van der Waals surface area contributed by atoms with Crippen LogP contribution in [0.5, 0.6) is 5.75 Å². The highest BCUT2D eigenvalue weighted by Gasteiger charge is 2.23. The van der Waals surface area contributed by atoms with Crippen molar-refractivity contribution in [3.05, 3.63) is 47.3 Å². The number of nitrogens with zero attached hydrogens (tertiary/aromatic N) is 3. The zero-order valence-corrected chi connectivity index (χ0v) is 15.5. The molecule has 140 valence electrons. The summed E-state index contributed by atoms with van der Waals surface area (Å²) in [5, 5.41) is 3.96. The summed E-state index contributed by atoms with van der Waals surface area (Å²) in [6, 6.07) is 9.34. The standard InChI is InChI=1S/C19H25N3O4/c1-14(15-4-6-16(24-3)7-5-15)21(2)19(23)18-12-17(26-20-18)13-22-8-10-25-11-9-22/h4-7,12,14H,8-11,13H2,1-3H3. The second-order valence-corrected chi connectivity index (χ2v) is 6.43. The van der Waals surface area contributed by atoms with E-state index < -0.39 is 0 Å². The maximum Gasteiger partial charge on any atom is 0.276 e. The molecule has 26 heavy (non-hydrogen) atoms. The van der Waals surface area contributed by atoms with Crippen LogP contribution >= 0.6 is 0 Å². The highest BCUT2D eigenvalue weighted by Crippen LogP contribution is 2.23. The Morgan fingerprint density at radius 3 is 2.65 bits per heavy atom. The molecule has 7 heteroatoms. The Morgan fingerprint density at radius 2 is 2.00 bits per heavy atom. The molecule has 0 bridgehead atoms. The molecule has 0 N–H and O–H groups in total. The molecule has 1 unspecified atom stereocenters. The van der Waals surface area contributed by atoms with Crippen LogP contribution in [-0.2, 0) is 11.3 Å². The molecule has 7 nitrogen and oxygen atoms in total. The van der Waals surface area contributed by atoms with E-state index in [-0.39, 0.29) is 11.9 Å². The average Bonchev–Trinajstić information content (AvgIpc) is 3.15. The third-order valence-corrected chi connectivity index (χ3v) is 4.76. The van der Waals surface area contributed by atoms with Crippen LogP contribution in [0.3, 0.4) is 0 Å². The van der Waals surface area contributed by atoms with Gasteiger partial charge in [-0.1, -0.05) is 17.3 Å². The van der Waals surface area contributed by atoms with Crippen molar-refractivity contribution < 1.29 is 18.8 Å². The number of morpholine rings is 1. The Balaban J connectivity index is 1.63. The summed E-state index contributed by atoms with van der Waals surface area (Å²) < 4.78 is 15.9. The van der Waals surface area contributed by atoms with Crippen molar-refractivity contribution in [2.24, 2.45) is 0 Å². The topological polar surface area (TPSA) is 68.0 Å². The van der Waals surface area contributed by atoms with Crippen LogP contribution in [0, 0.1) is 0 Å². The van der Waals surface area contributed by atoms with E-state index in [0.29, 0.717) is 18.0 Å². The first kappa shape index (κ1) is 18.4. The maximum absolute atomic E-state index is 12.7. The number of aromatic nitrogens is 1. The van der Waals surface area contributed by atoms with E-state index in [9.17, 15) is 4.79 Å². The van der Waals surface area contributed by atoms with Gasteiger partial charge in [0.1, 0.15) is 5.75 Å². The molecular formula is C19H25N3O4. The summed E-state index contributed by atoms with van der Waals surface area (Å²) in [7, 11) is 3.40. The summed E-state index contributed by atoms with van der Waals surface area (Å²) >= 11 is 0. The molecule has 0 spiro atoms. The van der Waals surface area contributed by atoms with Gasteiger partial charge in [-0.25, -0.2) is 0 Å². The Labute approximate surface area is 153 Å². The van der Waals surface area contributed by atoms with E-state index in [1.54, 1.807) is 25.1 Å². The molecule has 1 atom stereocenters. The Morgan fingerprint density at radius 1 is 1.31 bits per heavy atom. The molecule has 3 rings (SSSR count). The molecule has 0 aliphatic carbocycles. The molecule has 1 aliphatic rings. The number of ether oxygens (including phenoxy) is 2. The average molecular weight is 359 g/mol.